The van der Waals surface area contributed by atoms with Crippen LogP contribution in [-0.2, 0) is 4.74 Å². The summed E-state index contributed by atoms with van der Waals surface area (Å²) in [5.74, 6) is 0.721. The van der Waals surface area contributed by atoms with Gasteiger partial charge in [-0.3, -0.25) is 4.57 Å². The molecule has 3 rings (SSSR count). The number of hydrogen-bond donors (Lipinski definition) is 5. The second-order valence-electron chi connectivity index (χ2n) is 4.59. The van der Waals surface area contributed by atoms with Crippen LogP contribution in [0.1, 0.15) is 24.5 Å². The smallest absolute Gasteiger partial charge is 0.196 e. The van der Waals surface area contributed by atoms with E-state index in [0.717, 1.165) is 0 Å². The highest BCUT2D eigenvalue weighted by Crippen LogP contribution is 2.35. The molecule has 104 valence electrons. The average molecular weight is 268 g/mol. The third kappa shape index (κ3) is 1.96. The first-order chi connectivity index (χ1) is 9.10. The Morgan fingerprint density at radius 1 is 1.58 bits per heavy atom. The zero-order valence-corrected chi connectivity index (χ0v) is 10.1. The summed E-state index contributed by atoms with van der Waals surface area (Å²) in [5, 5.41) is 21.6. The molecule has 0 aliphatic carbocycles. The van der Waals surface area contributed by atoms with E-state index < -0.39 is 24.6 Å². The molecule has 9 nitrogen and oxygen atoms in total. The van der Waals surface area contributed by atoms with Gasteiger partial charge in [-0.05, 0) is 0 Å². The standard InChI is InChI=1S/C10H16N6O3/c11-8-7-9(15-10(12)14-8)16(3-13-7)6-1-4(18)5(2-17)19-6/h3-6,8,17-18H,1-2,11H2,(H3,12,14,15). The first-order valence-electron chi connectivity index (χ1n) is 5.97. The molecule has 9 heteroatoms. The molecule has 0 bridgehead atoms. The number of nitrogens with zero attached hydrogens (tertiary/aromatic N) is 3. The topological polar surface area (TPSA) is 144 Å². The summed E-state index contributed by atoms with van der Waals surface area (Å²) in [4.78, 5) is 8.34. The van der Waals surface area contributed by atoms with E-state index in [2.05, 4.69) is 15.3 Å². The van der Waals surface area contributed by atoms with Gasteiger partial charge in [0.25, 0.3) is 0 Å². The van der Waals surface area contributed by atoms with Gasteiger partial charge in [0.2, 0.25) is 0 Å². The van der Waals surface area contributed by atoms with Crippen LogP contribution in [0.25, 0.3) is 0 Å². The number of nitrogens with one attached hydrogen (secondary N) is 1. The van der Waals surface area contributed by atoms with E-state index in [0.29, 0.717) is 17.9 Å². The monoisotopic (exact) mass is 268 g/mol. The fraction of sp³-hybridized carbons (Fsp3) is 0.600. The lowest BCUT2D eigenvalue weighted by Crippen LogP contribution is -2.41. The first-order valence-corrected chi connectivity index (χ1v) is 5.97. The Morgan fingerprint density at radius 3 is 3.05 bits per heavy atom. The Kier molecular flexibility index (Phi) is 2.90. The molecule has 1 fully saturated rings. The van der Waals surface area contributed by atoms with E-state index in [1.807, 2.05) is 0 Å². The van der Waals surface area contributed by atoms with Gasteiger partial charge >= 0.3 is 0 Å². The Labute approximate surface area is 108 Å². The summed E-state index contributed by atoms with van der Waals surface area (Å²) in [7, 11) is 0. The number of fused-ring (bicyclic) bond motifs is 1. The van der Waals surface area contributed by atoms with E-state index in [4.69, 9.17) is 21.3 Å². The molecule has 1 aromatic heterocycles. The minimum Gasteiger partial charge on any atom is -0.394 e. The number of aromatic nitrogens is 2. The van der Waals surface area contributed by atoms with Gasteiger partial charge in [-0.1, -0.05) is 0 Å². The van der Waals surface area contributed by atoms with Gasteiger partial charge in [0.1, 0.15) is 24.2 Å². The number of aliphatic imine (C=N–C) groups is 1. The van der Waals surface area contributed by atoms with Crippen molar-refractivity contribution in [1.82, 2.24) is 14.9 Å². The summed E-state index contributed by atoms with van der Waals surface area (Å²) < 4.78 is 7.22. The zero-order valence-electron chi connectivity index (χ0n) is 10.1. The highest BCUT2D eigenvalue weighted by molar-refractivity contribution is 5.83. The first kappa shape index (κ1) is 12.4. The normalized spacial score (nSPS) is 33.7. The lowest BCUT2D eigenvalue weighted by Gasteiger charge is -2.20. The van der Waals surface area contributed by atoms with Crippen molar-refractivity contribution in [3.05, 3.63) is 12.0 Å². The highest BCUT2D eigenvalue weighted by Gasteiger charge is 2.36. The number of aliphatic hydroxyl groups excluding tert-OH is 2. The molecule has 0 spiro atoms. The summed E-state index contributed by atoms with van der Waals surface area (Å²) in [6.07, 6.45) is -0.374. The fourth-order valence-electron chi connectivity index (χ4n) is 2.34. The maximum atomic E-state index is 9.75. The van der Waals surface area contributed by atoms with Gasteiger partial charge in [0, 0.05) is 6.42 Å². The SMILES string of the molecule is NC1=Nc2c(ncn2C2CC(O)C(CO)O2)C(N)N1. The van der Waals surface area contributed by atoms with Crippen LogP contribution in [0.5, 0.6) is 0 Å². The predicted octanol–water partition coefficient (Wildman–Crippen LogP) is -1.97. The van der Waals surface area contributed by atoms with E-state index >= 15 is 0 Å². The van der Waals surface area contributed by atoms with Crippen molar-refractivity contribution in [3.8, 4) is 0 Å². The van der Waals surface area contributed by atoms with Crippen LogP contribution < -0.4 is 16.8 Å². The maximum Gasteiger partial charge on any atom is 0.196 e. The number of aliphatic hydroxyl groups is 2. The summed E-state index contributed by atoms with van der Waals surface area (Å²) in [6.45, 7) is -0.235. The zero-order chi connectivity index (χ0) is 13.6. The van der Waals surface area contributed by atoms with Gasteiger partial charge in [-0.25, -0.2) is 4.98 Å². The Balaban J connectivity index is 1.92. The quantitative estimate of drug-likeness (QED) is 0.418. The van der Waals surface area contributed by atoms with Crippen molar-refractivity contribution in [1.29, 1.82) is 0 Å². The van der Waals surface area contributed by atoms with Crippen molar-refractivity contribution in [2.24, 2.45) is 16.5 Å². The molecule has 0 saturated carbocycles. The fourth-order valence-corrected chi connectivity index (χ4v) is 2.34. The molecule has 1 aromatic rings. The van der Waals surface area contributed by atoms with Crippen molar-refractivity contribution in [3.63, 3.8) is 0 Å². The van der Waals surface area contributed by atoms with Gasteiger partial charge < -0.3 is 31.7 Å². The predicted molar refractivity (Wildman–Crippen MR) is 65.2 cm³/mol. The molecule has 4 unspecified atom stereocenters. The van der Waals surface area contributed by atoms with Gasteiger partial charge in [-0.15, -0.1) is 0 Å². The number of ether oxygens (including phenoxy) is 1. The van der Waals surface area contributed by atoms with Gasteiger partial charge in [0.05, 0.1) is 19.0 Å². The van der Waals surface area contributed by atoms with Crippen LogP contribution >= 0.6 is 0 Å². The van der Waals surface area contributed by atoms with Crippen molar-refractivity contribution < 1.29 is 14.9 Å². The molecular formula is C10H16N6O3. The molecular weight excluding hydrogens is 252 g/mol. The molecule has 2 aliphatic rings. The summed E-state index contributed by atoms with van der Waals surface area (Å²) in [6, 6.07) is 0. The van der Waals surface area contributed by atoms with Crippen LogP contribution in [0.3, 0.4) is 0 Å². The Morgan fingerprint density at radius 2 is 2.37 bits per heavy atom. The Bertz CT molecular complexity index is 515. The minimum atomic E-state index is -0.718. The van der Waals surface area contributed by atoms with Crippen LogP contribution in [0.4, 0.5) is 5.82 Å². The van der Waals surface area contributed by atoms with E-state index in [1.165, 1.54) is 0 Å². The van der Waals surface area contributed by atoms with E-state index in [9.17, 15) is 5.11 Å². The van der Waals surface area contributed by atoms with E-state index in [1.54, 1.807) is 10.9 Å². The second-order valence-corrected chi connectivity index (χ2v) is 4.59. The van der Waals surface area contributed by atoms with Crippen molar-refractivity contribution >= 4 is 11.8 Å². The molecule has 1 saturated heterocycles. The van der Waals surface area contributed by atoms with E-state index in [-0.39, 0.29) is 12.6 Å². The molecule has 7 N–H and O–H groups in total. The largest absolute Gasteiger partial charge is 0.394 e. The average Bonchev–Trinajstić information content (AvgIpc) is 2.92. The number of nitrogens with two attached hydrogens (primary N) is 2. The molecule has 4 atom stereocenters. The number of imidazole rings is 1. The van der Waals surface area contributed by atoms with Crippen molar-refractivity contribution in [2.75, 3.05) is 6.61 Å². The third-order valence-electron chi connectivity index (χ3n) is 3.31. The van der Waals surface area contributed by atoms with Crippen molar-refractivity contribution in [2.45, 2.75) is 31.0 Å². The minimum absolute atomic E-state index is 0.207. The van der Waals surface area contributed by atoms with Crippen LogP contribution in [0.15, 0.2) is 11.3 Å². The second kappa shape index (κ2) is 4.46. The number of hydrogen-bond acceptors (Lipinski definition) is 8. The lowest BCUT2D eigenvalue weighted by atomic mass is 10.2. The van der Waals surface area contributed by atoms with Crippen LogP contribution in [-0.4, -0.2) is 44.5 Å². The van der Waals surface area contributed by atoms with Crippen LogP contribution in [0.2, 0.25) is 0 Å². The molecule has 19 heavy (non-hydrogen) atoms. The molecule has 0 radical (unpaired) electrons. The molecule has 0 amide bonds. The molecule has 2 aliphatic heterocycles. The molecule has 0 aromatic carbocycles. The van der Waals surface area contributed by atoms with Gasteiger partial charge in [0.15, 0.2) is 11.8 Å². The highest BCUT2D eigenvalue weighted by atomic mass is 16.5. The summed E-state index contributed by atoms with van der Waals surface area (Å²) >= 11 is 0. The molecule has 3 heterocycles. The van der Waals surface area contributed by atoms with Gasteiger partial charge in [-0.2, -0.15) is 4.99 Å². The summed E-state index contributed by atoms with van der Waals surface area (Å²) in [5.41, 5.74) is 12.1. The Hall–Kier alpha value is -1.68. The number of rotatable bonds is 2. The third-order valence-corrected chi connectivity index (χ3v) is 3.31. The lowest BCUT2D eigenvalue weighted by molar-refractivity contribution is -0.0438. The number of guanidine groups is 1. The maximum absolute atomic E-state index is 9.75. The van der Waals surface area contributed by atoms with Crippen LogP contribution in [0, 0.1) is 0 Å².